The molecular formula is C28H31Cl4N4O6S2-. The van der Waals surface area contributed by atoms with Gasteiger partial charge < -0.3 is 18.9 Å². The van der Waals surface area contributed by atoms with E-state index in [0.29, 0.717) is 49.5 Å². The highest BCUT2D eigenvalue weighted by molar-refractivity contribution is 7.85. The van der Waals surface area contributed by atoms with Crippen molar-refractivity contribution in [2.24, 2.45) is 7.05 Å². The molecule has 0 aliphatic carbocycles. The number of fused-ring (bicyclic) bond motifs is 2. The minimum atomic E-state index is -4.43. The van der Waals surface area contributed by atoms with Gasteiger partial charge in [0.2, 0.25) is 0 Å². The van der Waals surface area contributed by atoms with Crippen LogP contribution in [0.2, 0.25) is 20.1 Å². The van der Waals surface area contributed by atoms with Crippen LogP contribution >= 0.6 is 46.4 Å². The Labute approximate surface area is 277 Å². The van der Waals surface area contributed by atoms with Crippen LogP contribution in [-0.4, -0.2) is 54.6 Å². The third-order valence-corrected chi connectivity index (χ3v) is 10.5. The number of imidazole rings is 1. The van der Waals surface area contributed by atoms with Crippen molar-refractivity contribution >= 4 is 95.1 Å². The fraction of sp³-hybridized carbons (Fsp3) is 0.393. The van der Waals surface area contributed by atoms with Crippen LogP contribution in [0.15, 0.2) is 42.2 Å². The SMILES string of the molecule is CCN1C(=CC=Cc2n(C(C)CCS(=O)(=O)[O-])c3cc(Cl)c(Cl)cc3[n+]2C)N(C(C)CCS(=O)(=O)[O-])c2cc(Cl)c(Cl)cc21. The van der Waals surface area contributed by atoms with Gasteiger partial charge in [0, 0.05) is 48.7 Å². The molecule has 4 rings (SSSR count). The van der Waals surface area contributed by atoms with E-state index in [0.717, 1.165) is 11.2 Å². The predicted molar refractivity (Wildman–Crippen MR) is 175 cm³/mol. The lowest BCUT2D eigenvalue weighted by molar-refractivity contribution is -0.647. The van der Waals surface area contributed by atoms with Crippen LogP contribution in [0, 0.1) is 0 Å². The topological polar surface area (TPSA) is 130 Å². The number of halogens is 4. The number of benzene rings is 2. The molecule has 10 nitrogen and oxygen atoms in total. The summed E-state index contributed by atoms with van der Waals surface area (Å²) in [6, 6.07) is 6.08. The number of hydrogen-bond donors (Lipinski definition) is 0. The standard InChI is InChI=1S/C28H32Cl4N4O6S2/c1-5-34-24-14-20(30)22(32)16-26(24)36(18(3)10-12-44(40,41)42)28(34)8-6-7-27-33(4)23-13-19(29)21(31)15-25(23)35(27)17(2)9-11-43(37,38)39/h6-8,13-18H,5,9-12H2,1-4H3,(H-,37,38,39,40,41,42)/p-1. The second kappa shape index (κ2) is 13.4. The Morgan fingerprint density at radius 1 is 0.841 bits per heavy atom. The van der Waals surface area contributed by atoms with E-state index in [1.54, 1.807) is 24.3 Å². The predicted octanol–water partition coefficient (Wildman–Crippen LogP) is 6.10. The normalized spacial score (nSPS) is 16.5. The van der Waals surface area contributed by atoms with Crippen LogP contribution in [0.3, 0.4) is 0 Å². The third kappa shape index (κ3) is 7.50. The quantitative estimate of drug-likeness (QED) is 0.171. The molecule has 0 fully saturated rings. The first kappa shape index (κ1) is 34.8. The largest absolute Gasteiger partial charge is 0.748 e. The second-order valence-electron chi connectivity index (χ2n) is 10.6. The van der Waals surface area contributed by atoms with Gasteiger partial charge in [0.25, 0.3) is 5.82 Å². The Kier molecular flexibility index (Phi) is 10.6. The number of aryl methyl sites for hydroxylation is 1. The molecule has 1 aliphatic heterocycles. The maximum absolute atomic E-state index is 11.4. The monoisotopic (exact) mass is 723 g/mol. The summed E-state index contributed by atoms with van der Waals surface area (Å²) in [7, 11) is -7.03. The lowest BCUT2D eigenvalue weighted by Crippen LogP contribution is -2.36. The van der Waals surface area contributed by atoms with Gasteiger partial charge in [-0.3, -0.25) is 0 Å². The van der Waals surface area contributed by atoms with Crippen LogP contribution in [0.4, 0.5) is 11.4 Å². The van der Waals surface area contributed by atoms with E-state index in [9.17, 15) is 25.9 Å². The van der Waals surface area contributed by atoms with Crippen LogP contribution < -0.4 is 14.4 Å². The maximum atomic E-state index is 11.4. The molecule has 16 heteroatoms. The highest BCUT2D eigenvalue weighted by atomic mass is 35.5. The summed E-state index contributed by atoms with van der Waals surface area (Å²) in [4.78, 5) is 3.92. The molecule has 0 N–H and O–H groups in total. The molecular weight excluding hydrogens is 694 g/mol. The molecule has 1 aliphatic rings. The summed E-state index contributed by atoms with van der Waals surface area (Å²) in [5, 5.41) is 1.36. The lowest BCUT2D eigenvalue weighted by Gasteiger charge is -2.30. The van der Waals surface area contributed by atoms with Gasteiger partial charge >= 0.3 is 0 Å². The van der Waals surface area contributed by atoms with Crippen LogP contribution in [0.1, 0.15) is 45.5 Å². The van der Waals surface area contributed by atoms with Crippen molar-refractivity contribution in [2.45, 2.75) is 45.7 Å². The van der Waals surface area contributed by atoms with Crippen molar-refractivity contribution in [1.29, 1.82) is 0 Å². The average Bonchev–Trinajstić information content (AvgIpc) is 3.36. The molecule has 1 aromatic heterocycles. The first-order valence-electron chi connectivity index (χ1n) is 13.6. The molecule has 2 aromatic carbocycles. The number of aromatic nitrogens is 2. The minimum absolute atomic E-state index is 0.0755. The van der Waals surface area contributed by atoms with Gasteiger partial charge in [0.15, 0.2) is 11.0 Å². The molecule has 0 amide bonds. The molecule has 3 aromatic rings. The number of nitrogens with zero attached hydrogens (tertiary/aromatic N) is 4. The Hall–Kier alpha value is -2.03. The van der Waals surface area contributed by atoms with Gasteiger partial charge in [0.05, 0.1) is 64.8 Å². The first-order chi connectivity index (χ1) is 20.4. The van der Waals surface area contributed by atoms with E-state index in [4.69, 9.17) is 46.4 Å². The molecule has 2 unspecified atom stereocenters. The molecule has 0 saturated carbocycles. The Bertz CT molecular complexity index is 1880. The molecule has 240 valence electrons. The van der Waals surface area contributed by atoms with Crippen molar-refractivity contribution in [1.82, 2.24) is 4.57 Å². The zero-order valence-electron chi connectivity index (χ0n) is 24.3. The highest BCUT2D eigenvalue weighted by Gasteiger charge is 2.34. The summed E-state index contributed by atoms with van der Waals surface area (Å²) in [6.07, 6.45) is 5.64. The van der Waals surface area contributed by atoms with Crippen LogP contribution in [0.5, 0.6) is 0 Å². The zero-order chi connectivity index (χ0) is 32.7. The summed E-state index contributed by atoms with van der Waals surface area (Å²) in [6.45, 7) is 6.14. The smallest absolute Gasteiger partial charge is 0.282 e. The van der Waals surface area contributed by atoms with E-state index in [2.05, 4.69) is 0 Å². The van der Waals surface area contributed by atoms with Gasteiger partial charge in [-0.1, -0.05) is 52.5 Å². The molecule has 0 spiro atoms. The van der Waals surface area contributed by atoms with E-state index in [1.807, 2.05) is 65.0 Å². The third-order valence-electron chi connectivity index (χ3n) is 7.58. The lowest BCUT2D eigenvalue weighted by atomic mass is 10.2. The van der Waals surface area contributed by atoms with Gasteiger partial charge in [-0.2, -0.15) is 0 Å². The van der Waals surface area contributed by atoms with Gasteiger partial charge in [-0.15, -0.1) is 0 Å². The molecule has 0 bridgehead atoms. The molecule has 0 radical (unpaired) electrons. The van der Waals surface area contributed by atoms with Gasteiger partial charge in [0.1, 0.15) is 5.82 Å². The molecule has 44 heavy (non-hydrogen) atoms. The Balaban J connectivity index is 1.84. The zero-order valence-corrected chi connectivity index (χ0v) is 29.0. The van der Waals surface area contributed by atoms with Crippen molar-refractivity contribution in [2.75, 3.05) is 27.9 Å². The Morgan fingerprint density at radius 3 is 1.93 bits per heavy atom. The van der Waals surface area contributed by atoms with Crippen molar-refractivity contribution in [3.63, 3.8) is 0 Å². The van der Waals surface area contributed by atoms with Gasteiger partial charge in [-0.05, 0) is 45.4 Å². The number of hydrogen-bond acceptors (Lipinski definition) is 8. The van der Waals surface area contributed by atoms with Crippen molar-refractivity contribution < 1.29 is 30.5 Å². The van der Waals surface area contributed by atoms with Crippen LogP contribution in [-0.2, 0) is 27.3 Å². The number of allylic oxidation sites excluding steroid dienone is 2. The summed E-state index contributed by atoms with van der Waals surface area (Å²) < 4.78 is 72.3. The van der Waals surface area contributed by atoms with E-state index >= 15 is 0 Å². The fourth-order valence-electron chi connectivity index (χ4n) is 5.44. The maximum Gasteiger partial charge on any atom is 0.282 e. The second-order valence-corrected chi connectivity index (χ2v) is 15.3. The molecule has 0 saturated heterocycles. The van der Waals surface area contributed by atoms with E-state index in [1.165, 1.54) is 0 Å². The summed E-state index contributed by atoms with van der Waals surface area (Å²) in [5.41, 5.74) is 2.93. The first-order valence-corrected chi connectivity index (χ1v) is 18.3. The highest BCUT2D eigenvalue weighted by Crippen LogP contribution is 2.47. The Morgan fingerprint density at radius 2 is 1.36 bits per heavy atom. The van der Waals surface area contributed by atoms with Crippen molar-refractivity contribution in [3.8, 4) is 0 Å². The van der Waals surface area contributed by atoms with E-state index in [-0.39, 0.29) is 12.8 Å². The number of anilines is 2. The summed E-state index contributed by atoms with van der Waals surface area (Å²) in [5.74, 6) is 0.309. The molecule has 2 heterocycles. The molecule has 2 atom stereocenters. The minimum Gasteiger partial charge on any atom is -0.748 e. The number of rotatable bonds is 11. The van der Waals surface area contributed by atoms with Crippen LogP contribution in [0.25, 0.3) is 17.1 Å². The van der Waals surface area contributed by atoms with Gasteiger partial charge in [-0.25, -0.2) is 26.0 Å². The van der Waals surface area contributed by atoms with E-state index < -0.39 is 43.8 Å². The summed E-state index contributed by atoms with van der Waals surface area (Å²) >= 11 is 25.4. The fourth-order valence-corrected chi connectivity index (χ4v) is 7.33. The average molecular weight is 726 g/mol. The van der Waals surface area contributed by atoms with Crippen molar-refractivity contribution in [3.05, 3.63) is 68.2 Å².